The standard InChI is InChI=1S/C20H19F3N4O2/c1-9(11-5-4-6-12(17(11)21)18(22)23)25-20-13-8-16(29-3)14(19(24)28)7-15(13)26-10(2)27-20/h4-9,18H,1-3H3,(H2,24,28)(H,25,26,27)/t9-/m1/s1. The molecule has 3 N–H and O–H groups in total. The van der Waals surface area contributed by atoms with E-state index in [9.17, 15) is 18.0 Å². The largest absolute Gasteiger partial charge is 0.496 e. The van der Waals surface area contributed by atoms with Crippen LogP contribution in [0.2, 0.25) is 0 Å². The Morgan fingerprint density at radius 3 is 2.52 bits per heavy atom. The first-order valence-electron chi connectivity index (χ1n) is 8.72. The number of fused-ring (bicyclic) bond motifs is 1. The number of methoxy groups -OCH3 is 1. The molecule has 3 rings (SSSR count). The molecule has 0 bridgehead atoms. The minimum Gasteiger partial charge on any atom is -0.496 e. The fraction of sp³-hybridized carbons (Fsp3) is 0.250. The number of anilines is 1. The lowest BCUT2D eigenvalue weighted by molar-refractivity contribution is 0.0997. The molecule has 6 nitrogen and oxygen atoms in total. The molecule has 0 aliphatic carbocycles. The van der Waals surface area contributed by atoms with Gasteiger partial charge in [0.25, 0.3) is 12.3 Å². The zero-order valence-corrected chi connectivity index (χ0v) is 16.0. The van der Waals surface area contributed by atoms with Crippen molar-refractivity contribution in [2.45, 2.75) is 26.3 Å². The van der Waals surface area contributed by atoms with Crippen molar-refractivity contribution in [3.63, 3.8) is 0 Å². The lowest BCUT2D eigenvalue weighted by atomic mass is 10.0. The van der Waals surface area contributed by atoms with E-state index in [1.807, 2.05) is 0 Å². The van der Waals surface area contributed by atoms with Crippen molar-refractivity contribution < 1.29 is 22.7 Å². The molecule has 1 atom stereocenters. The molecule has 1 amide bonds. The van der Waals surface area contributed by atoms with Crippen molar-refractivity contribution in [3.8, 4) is 5.75 Å². The monoisotopic (exact) mass is 404 g/mol. The van der Waals surface area contributed by atoms with E-state index in [-0.39, 0.29) is 16.9 Å². The number of halogens is 3. The van der Waals surface area contributed by atoms with Crippen LogP contribution in [0.4, 0.5) is 19.0 Å². The Balaban J connectivity index is 2.08. The van der Waals surface area contributed by atoms with Gasteiger partial charge in [0.05, 0.1) is 29.8 Å². The van der Waals surface area contributed by atoms with E-state index in [2.05, 4.69) is 15.3 Å². The summed E-state index contributed by atoms with van der Waals surface area (Å²) in [6.45, 7) is 3.29. The Morgan fingerprint density at radius 1 is 1.21 bits per heavy atom. The number of benzene rings is 2. The molecule has 0 saturated heterocycles. The summed E-state index contributed by atoms with van der Waals surface area (Å²) < 4.78 is 45.8. The topological polar surface area (TPSA) is 90.1 Å². The number of hydrogen-bond acceptors (Lipinski definition) is 5. The minimum absolute atomic E-state index is 0.0768. The normalized spacial score (nSPS) is 12.2. The Labute approximate surface area is 164 Å². The molecule has 0 saturated carbocycles. The van der Waals surface area contributed by atoms with Gasteiger partial charge in [-0.1, -0.05) is 18.2 Å². The third kappa shape index (κ3) is 3.94. The van der Waals surface area contributed by atoms with Crippen molar-refractivity contribution in [1.29, 1.82) is 0 Å². The Hall–Kier alpha value is -3.36. The highest BCUT2D eigenvalue weighted by molar-refractivity contribution is 6.02. The Morgan fingerprint density at radius 2 is 1.90 bits per heavy atom. The van der Waals surface area contributed by atoms with Crippen molar-refractivity contribution in [1.82, 2.24) is 9.97 Å². The maximum atomic E-state index is 14.5. The molecule has 9 heteroatoms. The van der Waals surface area contributed by atoms with Crippen LogP contribution >= 0.6 is 0 Å². The molecule has 0 fully saturated rings. The second-order valence-corrected chi connectivity index (χ2v) is 6.47. The van der Waals surface area contributed by atoms with Crippen LogP contribution in [0.1, 0.15) is 46.7 Å². The predicted molar refractivity (Wildman–Crippen MR) is 103 cm³/mol. The maximum Gasteiger partial charge on any atom is 0.266 e. The minimum atomic E-state index is -2.92. The number of nitrogens with one attached hydrogen (secondary N) is 1. The van der Waals surface area contributed by atoms with Crippen LogP contribution in [0.5, 0.6) is 5.75 Å². The van der Waals surface area contributed by atoms with Crippen LogP contribution in [-0.2, 0) is 0 Å². The molecule has 152 valence electrons. The van der Waals surface area contributed by atoms with Gasteiger partial charge < -0.3 is 15.8 Å². The molecule has 1 heterocycles. The van der Waals surface area contributed by atoms with Crippen LogP contribution in [0.15, 0.2) is 30.3 Å². The average molecular weight is 404 g/mol. The van der Waals surface area contributed by atoms with Crippen molar-refractivity contribution in [2.24, 2.45) is 5.73 Å². The predicted octanol–water partition coefficient (Wildman–Crippen LogP) is 4.30. The number of aryl methyl sites for hydroxylation is 1. The van der Waals surface area contributed by atoms with Gasteiger partial charge in [-0.3, -0.25) is 4.79 Å². The van der Waals surface area contributed by atoms with Crippen molar-refractivity contribution in [2.75, 3.05) is 12.4 Å². The van der Waals surface area contributed by atoms with Crippen molar-refractivity contribution >= 4 is 22.6 Å². The third-order valence-electron chi connectivity index (χ3n) is 4.51. The highest BCUT2D eigenvalue weighted by Crippen LogP contribution is 2.32. The Kier molecular flexibility index (Phi) is 5.58. The van der Waals surface area contributed by atoms with Crippen LogP contribution in [0, 0.1) is 12.7 Å². The van der Waals surface area contributed by atoms with Crippen LogP contribution in [0.3, 0.4) is 0 Å². The number of carbonyl (C=O) groups excluding carboxylic acids is 1. The van der Waals surface area contributed by atoms with Crippen LogP contribution in [-0.4, -0.2) is 23.0 Å². The number of nitrogens with zero attached hydrogens (tertiary/aromatic N) is 2. The summed E-state index contributed by atoms with van der Waals surface area (Å²) in [5.41, 5.74) is 5.40. The molecular formula is C20H19F3N4O2. The summed E-state index contributed by atoms with van der Waals surface area (Å²) in [6, 6.07) is 6.23. The first-order chi connectivity index (χ1) is 13.7. The quantitative estimate of drug-likeness (QED) is 0.640. The second-order valence-electron chi connectivity index (χ2n) is 6.47. The number of alkyl halides is 2. The molecule has 0 aliphatic rings. The van der Waals surface area contributed by atoms with Crippen molar-refractivity contribution in [3.05, 3.63) is 58.7 Å². The molecule has 0 unspecified atom stereocenters. The number of ether oxygens (including phenoxy) is 1. The molecule has 2 aromatic carbocycles. The Bertz CT molecular complexity index is 1090. The summed E-state index contributed by atoms with van der Waals surface area (Å²) in [5, 5.41) is 3.55. The van der Waals surface area contributed by atoms with Gasteiger partial charge in [0.15, 0.2) is 0 Å². The van der Waals surface area contributed by atoms with E-state index in [4.69, 9.17) is 10.5 Å². The van der Waals surface area contributed by atoms with Crippen LogP contribution in [0.25, 0.3) is 10.9 Å². The number of rotatable bonds is 6. The fourth-order valence-corrected chi connectivity index (χ4v) is 3.10. The molecule has 1 aromatic heterocycles. The fourth-order valence-electron chi connectivity index (χ4n) is 3.10. The lowest BCUT2D eigenvalue weighted by Gasteiger charge is -2.19. The SMILES string of the molecule is COc1cc2c(N[C@H](C)c3cccc(C(F)F)c3F)nc(C)nc2cc1C(N)=O. The smallest absolute Gasteiger partial charge is 0.266 e. The highest BCUT2D eigenvalue weighted by atomic mass is 19.3. The van der Waals surface area contributed by atoms with E-state index in [0.717, 1.165) is 6.07 Å². The lowest BCUT2D eigenvalue weighted by Crippen LogP contribution is -2.14. The number of nitrogens with two attached hydrogens (primary N) is 1. The van der Waals surface area contributed by atoms with E-state index in [0.29, 0.717) is 22.5 Å². The van der Waals surface area contributed by atoms with Gasteiger partial charge in [0.1, 0.15) is 23.2 Å². The number of aromatic nitrogens is 2. The van der Waals surface area contributed by atoms with Crippen LogP contribution < -0.4 is 15.8 Å². The first-order valence-corrected chi connectivity index (χ1v) is 8.72. The molecule has 0 radical (unpaired) electrons. The summed E-state index contributed by atoms with van der Waals surface area (Å²) in [5.74, 6) is -0.662. The van der Waals surface area contributed by atoms with Gasteiger partial charge in [-0.2, -0.15) is 0 Å². The molecular weight excluding hydrogens is 385 g/mol. The van der Waals surface area contributed by atoms with Gasteiger partial charge in [-0.25, -0.2) is 23.1 Å². The second kappa shape index (κ2) is 7.94. The van der Waals surface area contributed by atoms with Gasteiger partial charge in [-0.05, 0) is 26.0 Å². The van der Waals surface area contributed by atoms with Gasteiger partial charge >= 0.3 is 0 Å². The summed E-state index contributed by atoms with van der Waals surface area (Å²) in [6.07, 6.45) is -2.92. The van der Waals surface area contributed by atoms with E-state index in [1.165, 1.54) is 25.3 Å². The zero-order valence-electron chi connectivity index (χ0n) is 16.0. The molecule has 0 aliphatic heterocycles. The average Bonchev–Trinajstić information content (AvgIpc) is 2.66. The molecule has 3 aromatic rings. The number of primary amides is 1. The number of hydrogen-bond donors (Lipinski definition) is 2. The van der Waals surface area contributed by atoms with E-state index < -0.39 is 29.8 Å². The first kappa shape index (κ1) is 20.4. The third-order valence-corrected chi connectivity index (χ3v) is 4.51. The van der Waals surface area contributed by atoms with Gasteiger partial charge in [0, 0.05) is 10.9 Å². The maximum absolute atomic E-state index is 14.5. The molecule has 29 heavy (non-hydrogen) atoms. The molecule has 0 spiro atoms. The summed E-state index contributed by atoms with van der Waals surface area (Å²) >= 11 is 0. The zero-order chi connectivity index (χ0) is 21.3. The van der Waals surface area contributed by atoms with Gasteiger partial charge in [-0.15, -0.1) is 0 Å². The summed E-state index contributed by atoms with van der Waals surface area (Å²) in [4.78, 5) is 20.3. The van der Waals surface area contributed by atoms with Gasteiger partial charge in [0.2, 0.25) is 0 Å². The number of carbonyl (C=O) groups is 1. The van der Waals surface area contributed by atoms with E-state index in [1.54, 1.807) is 19.9 Å². The summed E-state index contributed by atoms with van der Waals surface area (Å²) in [7, 11) is 1.39. The van der Waals surface area contributed by atoms with E-state index >= 15 is 0 Å². The highest BCUT2D eigenvalue weighted by Gasteiger charge is 2.21. The number of amides is 1.